The average molecular weight is 452 g/mol. The van der Waals surface area contributed by atoms with Gasteiger partial charge < -0.3 is 14.5 Å². The Bertz CT molecular complexity index is 1300. The van der Waals surface area contributed by atoms with E-state index in [0.29, 0.717) is 25.2 Å². The van der Waals surface area contributed by atoms with E-state index in [-0.39, 0.29) is 18.2 Å². The van der Waals surface area contributed by atoms with E-state index < -0.39 is 5.54 Å². The minimum absolute atomic E-state index is 0.0475. The molecule has 0 unspecified atom stereocenters. The largest absolute Gasteiger partial charge is 0.494 e. The number of carbonyl (C=O) groups excluding carboxylic acids is 1. The summed E-state index contributed by atoms with van der Waals surface area (Å²) in [6.07, 6.45) is 1.68. The summed E-state index contributed by atoms with van der Waals surface area (Å²) in [5.41, 5.74) is 2.32. The molecule has 1 aromatic carbocycles. The van der Waals surface area contributed by atoms with Crippen LogP contribution in [0.15, 0.2) is 33.4 Å². The Labute approximate surface area is 185 Å². The second-order valence-electron chi connectivity index (χ2n) is 7.33. The highest BCUT2D eigenvalue weighted by Crippen LogP contribution is 2.36. The fourth-order valence-electron chi connectivity index (χ4n) is 3.27. The van der Waals surface area contributed by atoms with E-state index in [0.717, 1.165) is 32.1 Å². The van der Waals surface area contributed by atoms with E-state index >= 15 is 0 Å². The third-order valence-electron chi connectivity index (χ3n) is 5.04. The van der Waals surface area contributed by atoms with Crippen LogP contribution in [0.1, 0.15) is 29.6 Å². The number of nitriles is 1. The molecule has 1 aliphatic carbocycles. The maximum absolute atomic E-state index is 12.1. The molecule has 0 radical (unpaired) electrons. The number of nitrogens with zero attached hydrogens (tertiary/aromatic N) is 4. The molecule has 0 saturated heterocycles. The summed E-state index contributed by atoms with van der Waals surface area (Å²) in [6, 6.07) is 8.30. The van der Waals surface area contributed by atoms with Crippen molar-refractivity contribution >= 4 is 38.8 Å². The van der Waals surface area contributed by atoms with Crippen molar-refractivity contribution in [3.63, 3.8) is 0 Å². The van der Waals surface area contributed by atoms with Gasteiger partial charge in [0.05, 0.1) is 24.3 Å². The van der Waals surface area contributed by atoms with E-state index in [1.165, 1.54) is 0 Å². The fraction of sp³-hybridized carbons (Fsp3) is 0.286. The molecule has 1 fully saturated rings. The molecule has 8 nitrogen and oxygen atoms in total. The number of amides is 1. The maximum atomic E-state index is 12.1. The zero-order valence-electron chi connectivity index (χ0n) is 16.5. The molecule has 5 rings (SSSR count). The number of hydrogen-bond donors (Lipinski definition) is 1. The molecule has 4 aromatic rings. The maximum Gasteiger partial charge on any atom is 0.230 e. The van der Waals surface area contributed by atoms with E-state index in [1.54, 1.807) is 29.8 Å². The SMILES string of the molecule is COc1cc(-c2ccsc2)cc2sc(Cc3nnc(CC(=O)NC4(C#N)CC4)o3)nc12. The van der Waals surface area contributed by atoms with Gasteiger partial charge >= 0.3 is 0 Å². The normalized spacial score (nSPS) is 14.3. The van der Waals surface area contributed by atoms with E-state index in [2.05, 4.69) is 39.1 Å². The number of methoxy groups -OCH3 is 1. The summed E-state index contributed by atoms with van der Waals surface area (Å²) >= 11 is 3.19. The third-order valence-corrected chi connectivity index (χ3v) is 6.73. The predicted octanol–water partition coefficient (Wildman–Crippen LogP) is 3.72. The molecular formula is C21H17N5O3S2. The molecule has 0 spiro atoms. The van der Waals surface area contributed by atoms with Crippen LogP contribution < -0.4 is 10.1 Å². The van der Waals surface area contributed by atoms with Gasteiger partial charge in [-0.15, -0.1) is 21.5 Å². The number of rotatable bonds is 7. The van der Waals surface area contributed by atoms with Crippen molar-refractivity contribution in [2.45, 2.75) is 31.2 Å². The molecule has 156 valence electrons. The second-order valence-corrected chi connectivity index (χ2v) is 9.23. The Morgan fingerprint density at radius 2 is 2.16 bits per heavy atom. The molecular weight excluding hydrogens is 434 g/mol. The molecule has 3 aromatic heterocycles. The summed E-state index contributed by atoms with van der Waals surface area (Å²) in [5.74, 6) is 1.04. The van der Waals surface area contributed by atoms with Crippen molar-refractivity contribution in [3.8, 4) is 22.9 Å². The number of benzene rings is 1. The van der Waals surface area contributed by atoms with E-state index in [1.807, 2.05) is 11.4 Å². The first-order valence-electron chi connectivity index (χ1n) is 9.61. The minimum atomic E-state index is -0.706. The lowest BCUT2D eigenvalue weighted by Gasteiger charge is -2.06. The van der Waals surface area contributed by atoms with Gasteiger partial charge in [0.1, 0.15) is 28.2 Å². The number of carbonyl (C=O) groups is 1. The van der Waals surface area contributed by atoms with Crippen LogP contribution in [-0.2, 0) is 17.6 Å². The zero-order chi connectivity index (χ0) is 21.4. The van der Waals surface area contributed by atoms with Crippen LogP contribution in [0.4, 0.5) is 0 Å². The van der Waals surface area contributed by atoms with Gasteiger partial charge in [0.2, 0.25) is 17.7 Å². The average Bonchev–Trinajstić information content (AvgIpc) is 3.16. The number of thiazole rings is 1. The minimum Gasteiger partial charge on any atom is -0.494 e. The van der Waals surface area contributed by atoms with Gasteiger partial charge in [0.15, 0.2) is 0 Å². The van der Waals surface area contributed by atoms with Crippen molar-refractivity contribution < 1.29 is 13.9 Å². The van der Waals surface area contributed by atoms with E-state index in [9.17, 15) is 4.79 Å². The number of nitrogens with one attached hydrogen (secondary N) is 1. The molecule has 0 aliphatic heterocycles. The lowest BCUT2D eigenvalue weighted by molar-refractivity contribution is -0.121. The standard InChI is InChI=1S/C21H17N5O3S2/c1-28-14-6-13(12-2-5-30-10-12)7-15-20(14)23-19(31-15)9-18-26-25-17(29-18)8-16(27)24-21(11-22)3-4-21/h2,5-7,10H,3-4,8-9H2,1H3,(H,24,27). The van der Waals surface area contributed by atoms with Crippen molar-refractivity contribution in [3.05, 3.63) is 45.7 Å². The first kappa shape index (κ1) is 19.7. The number of aromatic nitrogens is 3. The van der Waals surface area contributed by atoms with Crippen LogP contribution in [0, 0.1) is 11.3 Å². The highest BCUT2D eigenvalue weighted by Gasteiger charge is 2.44. The van der Waals surface area contributed by atoms with Gasteiger partial charge in [-0.25, -0.2) is 4.98 Å². The van der Waals surface area contributed by atoms with Crippen molar-refractivity contribution in [1.82, 2.24) is 20.5 Å². The number of hydrogen-bond acceptors (Lipinski definition) is 9. The lowest BCUT2D eigenvalue weighted by Crippen LogP contribution is -2.36. The van der Waals surface area contributed by atoms with Crippen LogP contribution in [0.5, 0.6) is 5.75 Å². The molecule has 10 heteroatoms. The highest BCUT2D eigenvalue weighted by molar-refractivity contribution is 7.18. The van der Waals surface area contributed by atoms with Gasteiger partial charge in [-0.3, -0.25) is 4.79 Å². The molecule has 0 atom stereocenters. The van der Waals surface area contributed by atoms with Crippen molar-refractivity contribution in [2.75, 3.05) is 7.11 Å². The molecule has 1 saturated carbocycles. The molecule has 1 amide bonds. The molecule has 31 heavy (non-hydrogen) atoms. The third kappa shape index (κ3) is 4.02. The number of thiophene rings is 1. The number of fused-ring (bicyclic) bond motifs is 1. The lowest BCUT2D eigenvalue weighted by atomic mass is 10.1. The smallest absolute Gasteiger partial charge is 0.230 e. The van der Waals surface area contributed by atoms with Crippen LogP contribution in [0.3, 0.4) is 0 Å². The van der Waals surface area contributed by atoms with Crippen LogP contribution in [-0.4, -0.2) is 33.7 Å². The monoisotopic (exact) mass is 451 g/mol. The summed E-state index contributed by atoms with van der Waals surface area (Å²) in [7, 11) is 1.64. The van der Waals surface area contributed by atoms with Gasteiger partial charge in [-0.2, -0.15) is 16.6 Å². The van der Waals surface area contributed by atoms with Gasteiger partial charge in [0, 0.05) is 0 Å². The first-order chi connectivity index (χ1) is 15.1. The summed E-state index contributed by atoms with van der Waals surface area (Å²) in [5, 5.41) is 24.8. The van der Waals surface area contributed by atoms with Crippen molar-refractivity contribution in [1.29, 1.82) is 5.26 Å². The Kier molecular flexibility index (Phi) is 4.92. The quantitative estimate of drug-likeness (QED) is 0.455. The summed E-state index contributed by atoms with van der Waals surface area (Å²) < 4.78 is 12.2. The topological polar surface area (TPSA) is 114 Å². The summed E-state index contributed by atoms with van der Waals surface area (Å²) in [6.45, 7) is 0. The molecule has 3 heterocycles. The number of ether oxygens (including phenoxy) is 1. The van der Waals surface area contributed by atoms with Crippen LogP contribution in [0.25, 0.3) is 21.3 Å². The highest BCUT2D eigenvalue weighted by atomic mass is 32.1. The van der Waals surface area contributed by atoms with E-state index in [4.69, 9.17) is 19.4 Å². The molecule has 1 aliphatic rings. The van der Waals surface area contributed by atoms with Crippen LogP contribution >= 0.6 is 22.7 Å². The zero-order valence-corrected chi connectivity index (χ0v) is 18.2. The first-order valence-corrected chi connectivity index (χ1v) is 11.4. The van der Waals surface area contributed by atoms with Gasteiger partial charge in [-0.05, 0) is 52.9 Å². The Balaban J connectivity index is 1.33. The fourth-order valence-corrected chi connectivity index (χ4v) is 4.95. The van der Waals surface area contributed by atoms with Crippen LogP contribution in [0.2, 0.25) is 0 Å². The molecule has 1 N–H and O–H groups in total. The predicted molar refractivity (Wildman–Crippen MR) is 116 cm³/mol. The summed E-state index contributed by atoms with van der Waals surface area (Å²) in [4.78, 5) is 16.8. The second kappa shape index (κ2) is 7.76. The Morgan fingerprint density at radius 1 is 1.32 bits per heavy atom. The Morgan fingerprint density at radius 3 is 2.87 bits per heavy atom. The van der Waals surface area contributed by atoms with Gasteiger partial charge in [0.25, 0.3) is 0 Å². The van der Waals surface area contributed by atoms with Crippen molar-refractivity contribution in [2.24, 2.45) is 0 Å². The Hall–Kier alpha value is -3.29. The molecule has 0 bridgehead atoms. The van der Waals surface area contributed by atoms with Gasteiger partial charge in [-0.1, -0.05) is 0 Å².